The van der Waals surface area contributed by atoms with Gasteiger partial charge in [-0.2, -0.15) is 0 Å². The Balaban J connectivity index is 1.89. The highest BCUT2D eigenvalue weighted by molar-refractivity contribution is 6.31. The van der Waals surface area contributed by atoms with Gasteiger partial charge in [-0.15, -0.1) is 0 Å². The van der Waals surface area contributed by atoms with Crippen LogP contribution >= 0.6 is 11.6 Å². The van der Waals surface area contributed by atoms with Gasteiger partial charge < -0.3 is 9.73 Å². The van der Waals surface area contributed by atoms with E-state index in [1.54, 1.807) is 12.1 Å². The zero-order valence-corrected chi connectivity index (χ0v) is 12.0. The normalized spacial score (nSPS) is 10.9. The van der Waals surface area contributed by atoms with Crippen molar-refractivity contribution in [3.05, 3.63) is 75.1 Å². The molecule has 3 rings (SSSR count). The number of anilines is 1. The number of halogens is 3. The van der Waals surface area contributed by atoms with Gasteiger partial charge in [0.25, 0.3) is 0 Å². The molecule has 1 aromatic heterocycles. The molecule has 6 heteroatoms. The fourth-order valence-corrected chi connectivity index (χ4v) is 2.24. The number of hydrogen-bond donors (Lipinski definition) is 1. The van der Waals surface area contributed by atoms with Crippen LogP contribution in [0.25, 0.3) is 11.0 Å². The molecule has 0 unspecified atom stereocenters. The number of nitrogens with one attached hydrogen (secondary N) is 1. The van der Waals surface area contributed by atoms with Crippen molar-refractivity contribution < 1.29 is 13.2 Å². The molecular formula is C16H10ClF2NO2. The number of rotatable bonds is 3. The van der Waals surface area contributed by atoms with Crippen LogP contribution in [0, 0.1) is 11.6 Å². The second-order valence-corrected chi connectivity index (χ2v) is 5.15. The van der Waals surface area contributed by atoms with E-state index >= 15 is 0 Å². The van der Waals surface area contributed by atoms with Crippen molar-refractivity contribution in [2.75, 3.05) is 5.32 Å². The summed E-state index contributed by atoms with van der Waals surface area (Å²) >= 11 is 5.87. The van der Waals surface area contributed by atoms with Crippen LogP contribution in [0.15, 0.2) is 51.9 Å². The topological polar surface area (TPSA) is 42.2 Å². The number of benzene rings is 2. The molecule has 1 N–H and O–H groups in total. The predicted molar refractivity (Wildman–Crippen MR) is 81.2 cm³/mol. The molecule has 0 saturated heterocycles. The summed E-state index contributed by atoms with van der Waals surface area (Å²) in [5, 5.41) is 3.66. The minimum absolute atomic E-state index is 0.121. The molecule has 3 nitrogen and oxygen atoms in total. The zero-order chi connectivity index (χ0) is 15.7. The van der Waals surface area contributed by atoms with Gasteiger partial charge in [0.05, 0.1) is 17.2 Å². The Labute approximate surface area is 129 Å². The van der Waals surface area contributed by atoms with Gasteiger partial charge in [0, 0.05) is 23.3 Å². The van der Waals surface area contributed by atoms with Gasteiger partial charge in [-0.05, 0) is 30.3 Å². The van der Waals surface area contributed by atoms with E-state index < -0.39 is 11.6 Å². The first-order valence-electron chi connectivity index (χ1n) is 6.43. The first-order chi connectivity index (χ1) is 10.5. The second-order valence-electron chi connectivity index (χ2n) is 4.71. The van der Waals surface area contributed by atoms with Crippen molar-refractivity contribution in [3.63, 3.8) is 0 Å². The molecule has 0 radical (unpaired) electrons. The molecule has 112 valence electrons. The van der Waals surface area contributed by atoms with E-state index in [9.17, 15) is 13.6 Å². The molecule has 22 heavy (non-hydrogen) atoms. The third-order valence-electron chi connectivity index (χ3n) is 3.21. The van der Waals surface area contributed by atoms with Crippen molar-refractivity contribution in [2.24, 2.45) is 0 Å². The molecule has 0 aliphatic rings. The smallest absolute Gasteiger partial charge is 0.197 e. The lowest BCUT2D eigenvalue weighted by Crippen LogP contribution is -2.13. The van der Waals surface area contributed by atoms with Crippen LogP contribution in [-0.2, 0) is 6.54 Å². The first-order valence-corrected chi connectivity index (χ1v) is 6.81. The Kier molecular flexibility index (Phi) is 3.81. The van der Waals surface area contributed by atoms with Crippen LogP contribution in [-0.4, -0.2) is 0 Å². The quantitative estimate of drug-likeness (QED) is 0.780. The lowest BCUT2D eigenvalue weighted by Gasteiger charge is -2.07. The van der Waals surface area contributed by atoms with Gasteiger partial charge in [0.2, 0.25) is 0 Å². The van der Waals surface area contributed by atoms with Crippen molar-refractivity contribution in [2.45, 2.75) is 6.54 Å². The molecule has 0 saturated carbocycles. The molecule has 0 amide bonds. The summed E-state index contributed by atoms with van der Waals surface area (Å²) in [4.78, 5) is 12.3. The summed E-state index contributed by atoms with van der Waals surface area (Å²) in [7, 11) is 0. The highest BCUT2D eigenvalue weighted by Crippen LogP contribution is 2.18. The summed E-state index contributed by atoms with van der Waals surface area (Å²) in [5.74, 6) is -1.88. The Morgan fingerprint density at radius 1 is 1.09 bits per heavy atom. The van der Waals surface area contributed by atoms with Crippen LogP contribution in [0.2, 0.25) is 5.02 Å². The number of fused-ring (bicyclic) bond motifs is 1. The molecule has 0 aliphatic carbocycles. The maximum atomic E-state index is 13.1. The van der Waals surface area contributed by atoms with E-state index in [2.05, 4.69) is 5.32 Å². The average Bonchev–Trinajstić information content (AvgIpc) is 2.50. The molecule has 0 fully saturated rings. The Morgan fingerprint density at radius 3 is 2.68 bits per heavy atom. The molecule has 0 spiro atoms. The molecule has 0 bridgehead atoms. The van der Waals surface area contributed by atoms with Crippen LogP contribution in [0.4, 0.5) is 14.5 Å². The van der Waals surface area contributed by atoms with Crippen LogP contribution in [0.5, 0.6) is 0 Å². The lowest BCUT2D eigenvalue weighted by atomic mass is 10.1. The van der Waals surface area contributed by atoms with E-state index in [-0.39, 0.29) is 12.0 Å². The van der Waals surface area contributed by atoms with Crippen molar-refractivity contribution >= 4 is 28.3 Å². The monoisotopic (exact) mass is 321 g/mol. The van der Waals surface area contributed by atoms with E-state index in [0.29, 0.717) is 27.2 Å². The molecule has 1 heterocycles. The maximum Gasteiger partial charge on any atom is 0.197 e. The minimum atomic E-state index is -0.956. The summed E-state index contributed by atoms with van der Waals surface area (Å²) in [6.07, 6.45) is 1.34. The van der Waals surface area contributed by atoms with Crippen molar-refractivity contribution in [1.82, 2.24) is 0 Å². The standard InChI is InChI=1S/C16H10ClF2NO2/c17-10-1-4-15-12(5-10)16(21)9(8-22-15)7-20-11-2-3-13(18)14(19)6-11/h1-6,8,20H,7H2. The Morgan fingerprint density at radius 2 is 1.91 bits per heavy atom. The highest BCUT2D eigenvalue weighted by atomic mass is 35.5. The predicted octanol–water partition coefficient (Wildman–Crippen LogP) is 4.34. The lowest BCUT2D eigenvalue weighted by molar-refractivity contribution is 0.509. The van der Waals surface area contributed by atoms with Gasteiger partial charge in [-0.3, -0.25) is 4.79 Å². The molecule has 0 aliphatic heterocycles. The van der Waals surface area contributed by atoms with E-state index in [1.807, 2.05) is 0 Å². The SMILES string of the molecule is O=c1c(CNc2ccc(F)c(F)c2)coc2ccc(Cl)cc12. The fraction of sp³-hybridized carbons (Fsp3) is 0.0625. The van der Waals surface area contributed by atoms with Crippen molar-refractivity contribution in [1.29, 1.82) is 0 Å². The maximum absolute atomic E-state index is 13.1. The Bertz CT molecular complexity index is 908. The number of hydrogen-bond acceptors (Lipinski definition) is 3. The summed E-state index contributed by atoms with van der Waals surface area (Å²) in [6.45, 7) is 0.121. The van der Waals surface area contributed by atoms with Crippen LogP contribution in [0.1, 0.15) is 5.56 Å². The third kappa shape index (κ3) is 2.80. The summed E-state index contributed by atoms with van der Waals surface area (Å²) in [5.41, 5.74) is 0.939. The largest absolute Gasteiger partial charge is 0.464 e. The summed E-state index contributed by atoms with van der Waals surface area (Å²) in [6, 6.07) is 8.20. The molecule has 0 atom stereocenters. The van der Waals surface area contributed by atoms with E-state index in [4.69, 9.17) is 16.0 Å². The van der Waals surface area contributed by atoms with Crippen molar-refractivity contribution in [3.8, 4) is 0 Å². The highest BCUT2D eigenvalue weighted by Gasteiger charge is 2.08. The van der Waals surface area contributed by atoms with E-state index in [1.165, 1.54) is 18.4 Å². The molecule has 3 aromatic rings. The van der Waals surface area contributed by atoms with Crippen LogP contribution < -0.4 is 10.7 Å². The van der Waals surface area contributed by atoms with Crippen LogP contribution in [0.3, 0.4) is 0 Å². The van der Waals surface area contributed by atoms with Gasteiger partial charge in [0.15, 0.2) is 17.1 Å². The third-order valence-corrected chi connectivity index (χ3v) is 3.44. The molecule has 2 aromatic carbocycles. The zero-order valence-electron chi connectivity index (χ0n) is 11.2. The van der Waals surface area contributed by atoms with E-state index in [0.717, 1.165) is 12.1 Å². The van der Waals surface area contributed by atoms with Gasteiger partial charge in [-0.25, -0.2) is 8.78 Å². The first kappa shape index (κ1) is 14.5. The van der Waals surface area contributed by atoms with Gasteiger partial charge >= 0.3 is 0 Å². The minimum Gasteiger partial charge on any atom is -0.464 e. The Hall–Kier alpha value is -2.40. The van der Waals surface area contributed by atoms with Gasteiger partial charge in [-0.1, -0.05) is 11.6 Å². The summed E-state index contributed by atoms with van der Waals surface area (Å²) < 4.78 is 31.4. The average molecular weight is 322 g/mol. The fourth-order valence-electron chi connectivity index (χ4n) is 2.07. The van der Waals surface area contributed by atoms with Gasteiger partial charge in [0.1, 0.15) is 5.58 Å². The molecular weight excluding hydrogens is 312 g/mol. The second kappa shape index (κ2) is 5.77.